The minimum atomic E-state index is 0.427. The molecule has 0 amide bonds. The lowest BCUT2D eigenvalue weighted by atomic mass is 10.0. The molecule has 116 valence electrons. The Morgan fingerprint density at radius 3 is 2.55 bits per heavy atom. The fourth-order valence-electron chi connectivity index (χ4n) is 2.12. The molecule has 1 rings (SSSR count). The number of hydrogen-bond donors (Lipinski definition) is 1. The highest BCUT2D eigenvalue weighted by atomic mass is 32.2. The molecule has 1 unspecified atom stereocenters. The first kappa shape index (κ1) is 17.5. The van der Waals surface area contributed by atoms with Crippen LogP contribution in [0.1, 0.15) is 52.8 Å². The van der Waals surface area contributed by atoms with E-state index in [0.29, 0.717) is 17.9 Å². The normalized spacial score (nSPS) is 13.3. The highest BCUT2D eigenvalue weighted by Gasteiger charge is 2.15. The predicted octanol–water partition coefficient (Wildman–Crippen LogP) is 3.53. The third kappa shape index (κ3) is 7.29. The molecule has 0 fully saturated rings. The van der Waals surface area contributed by atoms with Crippen molar-refractivity contribution in [3.05, 3.63) is 11.7 Å². The maximum absolute atomic E-state index is 5.37. The molecule has 1 aromatic rings. The molecule has 0 saturated heterocycles. The zero-order chi connectivity index (χ0) is 15.0. The molecule has 1 heterocycles. The molecular formula is C15H29N3OS. The van der Waals surface area contributed by atoms with Crippen LogP contribution in [0.15, 0.2) is 4.52 Å². The molecule has 0 aliphatic carbocycles. The second kappa shape index (κ2) is 9.40. The Hall–Kier alpha value is -0.550. The van der Waals surface area contributed by atoms with Crippen LogP contribution in [0.5, 0.6) is 0 Å². The van der Waals surface area contributed by atoms with Crippen molar-refractivity contribution in [2.45, 2.75) is 59.3 Å². The van der Waals surface area contributed by atoms with Crippen LogP contribution >= 0.6 is 11.8 Å². The summed E-state index contributed by atoms with van der Waals surface area (Å²) in [6, 6.07) is 0.427. The Kier molecular flexibility index (Phi) is 8.22. The number of hydrogen-bond acceptors (Lipinski definition) is 5. The molecule has 0 aliphatic rings. The fraction of sp³-hybridized carbons (Fsp3) is 0.867. The van der Waals surface area contributed by atoms with Crippen molar-refractivity contribution in [2.75, 3.05) is 12.3 Å². The van der Waals surface area contributed by atoms with Crippen LogP contribution in [0, 0.1) is 11.8 Å². The summed E-state index contributed by atoms with van der Waals surface area (Å²) in [5, 5.41) is 7.57. The van der Waals surface area contributed by atoms with Crippen molar-refractivity contribution in [3.63, 3.8) is 0 Å². The van der Waals surface area contributed by atoms with Gasteiger partial charge in [-0.25, -0.2) is 0 Å². The summed E-state index contributed by atoms with van der Waals surface area (Å²) in [6.07, 6.45) is 1.96. The molecular weight excluding hydrogens is 270 g/mol. The summed E-state index contributed by atoms with van der Waals surface area (Å²) in [7, 11) is 0. The third-order valence-electron chi connectivity index (χ3n) is 2.86. The summed E-state index contributed by atoms with van der Waals surface area (Å²) in [6.45, 7) is 12.0. The molecule has 0 bridgehead atoms. The van der Waals surface area contributed by atoms with Gasteiger partial charge in [0.2, 0.25) is 5.89 Å². The smallest absolute Gasteiger partial charge is 0.228 e. The molecule has 1 aromatic heterocycles. The highest BCUT2D eigenvalue weighted by Crippen LogP contribution is 2.15. The number of nitrogens with one attached hydrogen (secondary N) is 1. The number of thioether (sulfide) groups is 1. The number of aromatic nitrogens is 2. The van der Waals surface area contributed by atoms with E-state index < -0.39 is 0 Å². The van der Waals surface area contributed by atoms with Crippen molar-refractivity contribution < 1.29 is 4.52 Å². The van der Waals surface area contributed by atoms with Crippen LogP contribution in [0.3, 0.4) is 0 Å². The van der Waals surface area contributed by atoms with Crippen molar-refractivity contribution in [1.29, 1.82) is 0 Å². The van der Waals surface area contributed by atoms with Crippen LogP contribution in [0.4, 0.5) is 0 Å². The van der Waals surface area contributed by atoms with Crippen LogP contribution in [0.25, 0.3) is 0 Å². The second-order valence-corrected chi connectivity index (χ2v) is 7.13. The van der Waals surface area contributed by atoms with Gasteiger partial charge in [-0.15, -0.1) is 0 Å². The van der Waals surface area contributed by atoms with E-state index >= 15 is 0 Å². The van der Waals surface area contributed by atoms with Gasteiger partial charge in [-0.05, 0) is 30.6 Å². The molecule has 20 heavy (non-hydrogen) atoms. The number of rotatable bonds is 10. The average Bonchev–Trinajstić information content (AvgIpc) is 2.75. The molecule has 0 saturated carbocycles. The van der Waals surface area contributed by atoms with E-state index in [9.17, 15) is 0 Å². The Labute approximate surface area is 127 Å². The molecule has 4 nitrogen and oxygen atoms in total. The first-order valence-electron chi connectivity index (χ1n) is 7.63. The summed E-state index contributed by atoms with van der Waals surface area (Å²) in [4.78, 5) is 4.50. The van der Waals surface area contributed by atoms with Gasteiger partial charge in [0.1, 0.15) is 0 Å². The summed E-state index contributed by atoms with van der Waals surface area (Å²) < 4.78 is 5.37. The zero-order valence-corrected chi connectivity index (χ0v) is 14.3. The van der Waals surface area contributed by atoms with Gasteiger partial charge in [0.05, 0.1) is 5.75 Å². The lowest BCUT2D eigenvalue weighted by molar-refractivity contribution is 0.338. The van der Waals surface area contributed by atoms with Gasteiger partial charge < -0.3 is 9.84 Å². The van der Waals surface area contributed by atoms with E-state index in [1.54, 1.807) is 0 Å². The Morgan fingerprint density at radius 1 is 1.20 bits per heavy atom. The van der Waals surface area contributed by atoms with Crippen LogP contribution in [0.2, 0.25) is 0 Å². The number of nitrogens with zero attached hydrogens (tertiary/aromatic N) is 2. The van der Waals surface area contributed by atoms with E-state index in [0.717, 1.165) is 42.6 Å². The lowest BCUT2D eigenvalue weighted by Crippen LogP contribution is -2.32. The van der Waals surface area contributed by atoms with Crippen molar-refractivity contribution in [1.82, 2.24) is 15.5 Å². The topological polar surface area (TPSA) is 51.0 Å². The number of likely N-dealkylation sites (N-methyl/N-ethyl adjacent to an activating group) is 1. The van der Waals surface area contributed by atoms with Gasteiger partial charge in [0.25, 0.3) is 0 Å². The predicted molar refractivity (Wildman–Crippen MR) is 85.9 cm³/mol. The van der Waals surface area contributed by atoms with Crippen LogP contribution < -0.4 is 5.32 Å². The molecule has 0 aromatic carbocycles. The minimum Gasteiger partial charge on any atom is -0.339 e. The highest BCUT2D eigenvalue weighted by molar-refractivity contribution is 7.98. The van der Waals surface area contributed by atoms with E-state index in [2.05, 4.69) is 50.1 Å². The zero-order valence-electron chi connectivity index (χ0n) is 13.5. The monoisotopic (exact) mass is 299 g/mol. The quantitative estimate of drug-likeness (QED) is 0.716. The molecule has 5 heteroatoms. The third-order valence-corrected chi connectivity index (χ3v) is 4.23. The first-order valence-corrected chi connectivity index (χ1v) is 8.79. The van der Waals surface area contributed by atoms with Crippen LogP contribution in [-0.4, -0.2) is 28.5 Å². The molecule has 0 aliphatic heterocycles. The van der Waals surface area contributed by atoms with Crippen molar-refractivity contribution in [3.8, 4) is 0 Å². The van der Waals surface area contributed by atoms with Gasteiger partial charge in [0, 0.05) is 12.5 Å². The molecule has 1 N–H and O–H groups in total. The summed E-state index contributed by atoms with van der Waals surface area (Å²) in [5.74, 6) is 4.94. The Balaban J connectivity index is 2.44. The first-order chi connectivity index (χ1) is 9.51. The van der Waals surface area contributed by atoms with Crippen molar-refractivity contribution >= 4 is 11.8 Å². The second-order valence-electron chi connectivity index (χ2n) is 6.10. The van der Waals surface area contributed by atoms with Crippen LogP contribution in [-0.2, 0) is 12.2 Å². The van der Waals surface area contributed by atoms with Gasteiger partial charge in [-0.2, -0.15) is 16.7 Å². The van der Waals surface area contributed by atoms with Gasteiger partial charge in [-0.3, -0.25) is 0 Å². The lowest BCUT2D eigenvalue weighted by Gasteiger charge is -2.17. The van der Waals surface area contributed by atoms with E-state index in [-0.39, 0.29) is 0 Å². The maximum Gasteiger partial charge on any atom is 0.228 e. The Bertz CT molecular complexity index is 366. The average molecular weight is 299 g/mol. The minimum absolute atomic E-state index is 0.427. The van der Waals surface area contributed by atoms with E-state index in [4.69, 9.17) is 4.52 Å². The van der Waals surface area contributed by atoms with Gasteiger partial charge in [-0.1, -0.05) is 39.8 Å². The Morgan fingerprint density at radius 2 is 1.95 bits per heavy atom. The van der Waals surface area contributed by atoms with Gasteiger partial charge in [0.15, 0.2) is 5.82 Å². The standard InChI is InChI=1S/C15H29N3OS/c1-6-16-13(7-11(2)3)8-15-17-14(18-19-15)10-20-9-12(4)5/h11-13,16H,6-10H2,1-5H3. The molecule has 0 radical (unpaired) electrons. The SMILES string of the molecule is CCNC(Cc1nc(CSCC(C)C)no1)CC(C)C. The van der Waals surface area contributed by atoms with E-state index in [1.165, 1.54) is 0 Å². The maximum atomic E-state index is 5.37. The molecule has 0 spiro atoms. The van der Waals surface area contributed by atoms with Gasteiger partial charge >= 0.3 is 0 Å². The van der Waals surface area contributed by atoms with Crippen molar-refractivity contribution in [2.24, 2.45) is 11.8 Å². The van der Waals surface area contributed by atoms with E-state index in [1.807, 2.05) is 11.8 Å². The molecule has 1 atom stereocenters. The summed E-state index contributed by atoms with van der Waals surface area (Å²) >= 11 is 1.87. The largest absolute Gasteiger partial charge is 0.339 e. The fourth-order valence-corrected chi connectivity index (χ4v) is 3.01. The summed E-state index contributed by atoms with van der Waals surface area (Å²) in [5.41, 5.74) is 0.